The van der Waals surface area contributed by atoms with E-state index in [0.717, 1.165) is 56.8 Å². The molecule has 0 spiro atoms. The van der Waals surface area contributed by atoms with Gasteiger partial charge < -0.3 is 9.30 Å². The molecule has 5 rings (SSSR count). The molecule has 0 aliphatic rings. The number of rotatable bonds is 5. The van der Waals surface area contributed by atoms with Gasteiger partial charge in [0.05, 0.1) is 30.4 Å². The summed E-state index contributed by atoms with van der Waals surface area (Å²) in [6, 6.07) is 15.7. The number of para-hydroxylation sites is 1. The molecule has 0 saturated carbocycles. The zero-order valence-corrected chi connectivity index (χ0v) is 24.6. The third-order valence-corrected chi connectivity index (χ3v) is 7.46. The summed E-state index contributed by atoms with van der Waals surface area (Å²) in [4.78, 5) is 22.3. The zero-order chi connectivity index (χ0) is 27.9. The number of carbonyl (C=O) groups is 1. The third-order valence-electron chi connectivity index (χ3n) is 6.59. The first-order valence-electron chi connectivity index (χ1n) is 13.2. The van der Waals surface area contributed by atoms with E-state index in [4.69, 9.17) is 19.8 Å². The number of aromatic nitrogens is 5. The number of pyridine rings is 1. The summed E-state index contributed by atoms with van der Waals surface area (Å²) in [5, 5.41) is 5.84. The van der Waals surface area contributed by atoms with E-state index in [1.54, 1.807) is 10.7 Å². The van der Waals surface area contributed by atoms with E-state index in [9.17, 15) is 4.79 Å². The van der Waals surface area contributed by atoms with Crippen LogP contribution in [0.1, 0.15) is 45.6 Å². The van der Waals surface area contributed by atoms with Gasteiger partial charge in [-0.2, -0.15) is 5.10 Å². The van der Waals surface area contributed by atoms with Crippen LogP contribution in [0.25, 0.3) is 27.8 Å². The summed E-state index contributed by atoms with van der Waals surface area (Å²) < 4.78 is 9.05. The smallest absolute Gasteiger partial charge is 0.340 e. The Labute approximate surface area is 229 Å². The molecular formula is C31H33N5O2Si. The van der Waals surface area contributed by atoms with Gasteiger partial charge in [-0.25, -0.2) is 19.4 Å². The largest absolute Gasteiger partial charge is 0.465 e. The molecule has 0 radical (unpaired) electrons. The number of benzene rings is 2. The van der Waals surface area contributed by atoms with Gasteiger partial charge in [-0.3, -0.25) is 0 Å². The van der Waals surface area contributed by atoms with Crippen molar-refractivity contribution in [1.29, 1.82) is 0 Å². The average Bonchev–Trinajstić information content (AvgIpc) is 3.44. The molecule has 0 aliphatic heterocycles. The van der Waals surface area contributed by atoms with E-state index in [2.05, 4.69) is 67.7 Å². The van der Waals surface area contributed by atoms with Crippen molar-refractivity contribution < 1.29 is 9.53 Å². The number of fused-ring (bicyclic) bond motifs is 2. The zero-order valence-electron chi connectivity index (χ0n) is 23.6. The van der Waals surface area contributed by atoms with E-state index in [-0.39, 0.29) is 0 Å². The van der Waals surface area contributed by atoms with Gasteiger partial charge in [-0.05, 0) is 55.3 Å². The molecule has 5 aromatic rings. The van der Waals surface area contributed by atoms with Gasteiger partial charge in [0.1, 0.15) is 25.1 Å². The summed E-state index contributed by atoms with van der Waals surface area (Å²) in [6.07, 6.45) is 0.812. The number of hydrogen-bond donors (Lipinski definition) is 0. The van der Waals surface area contributed by atoms with Crippen molar-refractivity contribution in [2.75, 3.05) is 7.11 Å². The fourth-order valence-electron chi connectivity index (χ4n) is 4.78. The van der Waals surface area contributed by atoms with Gasteiger partial charge in [0.2, 0.25) is 0 Å². The fraction of sp³-hybridized carbons (Fsp3) is 0.290. The highest BCUT2D eigenvalue weighted by molar-refractivity contribution is 6.83. The molecule has 0 aliphatic carbocycles. The number of hydrogen-bond acceptors (Lipinski definition) is 5. The molecule has 0 saturated heterocycles. The van der Waals surface area contributed by atoms with Crippen LogP contribution in [-0.4, -0.2) is 45.5 Å². The highest BCUT2D eigenvalue weighted by Gasteiger charge is 2.20. The molecule has 2 aromatic carbocycles. The second-order valence-electron chi connectivity index (χ2n) is 10.8. The Bertz CT molecular complexity index is 1800. The lowest BCUT2D eigenvalue weighted by atomic mass is 10.1. The van der Waals surface area contributed by atoms with Gasteiger partial charge in [0.25, 0.3) is 0 Å². The highest BCUT2D eigenvalue weighted by atomic mass is 28.3. The van der Waals surface area contributed by atoms with E-state index in [1.807, 2.05) is 31.2 Å². The molecule has 0 N–H and O–H groups in total. The number of imidazole rings is 1. The topological polar surface area (TPSA) is 74.8 Å². The van der Waals surface area contributed by atoms with Crippen molar-refractivity contribution in [3.63, 3.8) is 0 Å². The van der Waals surface area contributed by atoms with Crippen molar-refractivity contribution in [2.24, 2.45) is 0 Å². The van der Waals surface area contributed by atoms with Crippen LogP contribution in [0.5, 0.6) is 0 Å². The predicted molar refractivity (Wildman–Crippen MR) is 158 cm³/mol. The number of carbonyl (C=O) groups excluding carboxylic acids is 1. The first-order valence-corrected chi connectivity index (χ1v) is 16.7. The maximum Gasteiger partial charge on any atom is 0.340 e. The standard InChI is InChI=1S/C31H33N5O2Si/c1-8-28-33-29-20(2)17-21(3)32-30(29)35(28)19-22-13-14-25-24(18-22)27(15-16-39(5,6)7)36(34-25)26-12-10-9-11-23(26)31(37)38-4/h9-14,17-18H,8,19H2,1-7H3. The Kier molecular flexibility index (Phi) is 6.87. The molecule has 0 atom stereocenters. The Morgan fingerprint density at radius 3 is 2.54 bits per heavy atom. The van der Waals surface area contributed by atoms with Gasteiger partial charge in [0.15, 0.2) is 5.65 Å². The molecule has 0 bridgehead atoms. The molecule has 3 aromatic heterocycles. The second kappa shape index (κ2) is 10.2. The van der Waals surface area contributed by atoms with Gasteiger partial charge >= 0.3 is 5.97 Å². The minimum absolute atomic E-state index is 0.410. The quantitative estimate of drug-likeness (QED) is 0.156. The minimum atomic E-state index is -1.70. The van der Waals surface area contributed by atoms with Gasteiger partial charge in [0, 0.05) is 17.5 Å². The molecule has 198 valence electrons. The molecule has 8 heteroatoms. The van der Waals surface area contributed by atoms with Crippen LogP contribution in [0.2, 0.25) is 19.6 Å². The lowest BCUT2D eigenvalue weighted by Crippen LogP contribution is -2.16. The van der Waals surface area contributed by atoms with Crippen molar-refractivity contribution in [3.05, 3.63) is 82.4 Å². The Morgan fingerprint density at radius 2 is 1.82 bits per heavy atom. The lowest BCUT2D eigenvalue weighted by Gasteiger charge is -2.10. The van der Waals surface area contributed by atoms with Crippen molar-refractivity contribution in [2.45, 2.75) is 53.4 Å². The van der Waals surface area contributed by atoms with Crippen LogP contribution >= 0.6 is 0 Å². The molecule has 0 unspecified atom stereocenters. The van der Waals surface area contributed by atoms with Crippen LogP contribution in [-0.2, 0) is 17.7 Å². The van der Waals surface area contributed by atoms with E-state index >= 15 is 0 Å². The number of nitrogens with zero attached hydrogens (tertiary/aromatic N) is 5. The summed E-state index contributed by atoms with van der Waals surface area (Å²) in [5.41, 5.74) is 11.2. The average molecular weight is 536 g/mol. The van der Waals surface area contributed by atoms with E-state index < -0.39 is 14.0 Å². The highest BCUT2D eigenvalue weighted by Crippen LogP contribution is 2.27. The maximum atomic E-state index is 12.6. The molecule has 39 heavy (non-hydrogen) atoms. The predicted octanol–water partition coefficient (Wildman–Crippen LogP) is 6.01. The van der Waals surface area contributed by atoms with E-state index in [0.29, 0.717) is 17.8 Å². The molecule has 0 fully saturated rings. The fourth-order valence-corrected chi connectivity index (χ4v) is 5.27. The third kappa shape index (κ3) is 5.10. The van der Waals surface area contributed by atoms with E-state index in [1.165, 1.54) is 7.11 Å². The SMILES string of the molecule is CCc1nc2c(C)cc(C)nc2n1Cc1ccc2nn(-c3ccccc3C(=O)OC)c(C#C[Si](C)(C)C)c2c1. The summed E-state index contributed by atoms with van der Waals surface area (Å²) in [5.74, 6) is 4.04. The summed E-state index contributed by atoms with van der Waals surface area (Å²) in [7, 11) is -0.313. The van der Waals surface area contributed by atoms with Crippen LogP contribution in [0.3, 0.4) is 0 Å². The molecule has 7 nitrogen and oxygen atoms in total. The van der Waals surface area contributed by atoms with Crippen molar-refractivity contribution in [3.8, 4) is 17.2 Å². The first-order chi connectivity index (χ1) is 18.6. The Balaban J connectivity index is 1.70. The van der Waals surface area contributed by atoms with Crippen LogP contribution < -0.4 is 0 Å². The molecule has 0 amide bonds. The molecular weight excluding hydrogens is 502 g/mol. The summed E-state index contributed by atoms with van der Waals surface area (Å²) in [6.45, 7) is 13.5. The van der Waals surface area contributed by atoms with Gasteiger partial charge in [-0.15, -0.1) is 5.54 Å². The monoisotopic (exact) mass is 535 g/mol. The van der Waals surface area contributed by atoms with Crippen molar-refractivity contribution >= 4 is 36.1 Å². The maximum absolute atomic E-state index is 12.6. The lowest BCUT2D eigenvalue weighted by molar-refractivity contribution is 0.0600. The normalized spacial score (nSPS) is 11.6. The van der Waals surface area contributed by atoms with Crippen molar-refractivity contribution in [1.82, 2.24) is 24.3 Å². The van der Waals surface area contributed by atoms with Crippen LogP contribution in [0.15, 0.2) is 48.5 Å². The van der Waals surface area contributed by atoms with Crippen LogP contribution in [0.4, 0.5) is 0 Å². The number of esters is 1. The second-order valence-corrected chi connectivity index (χ2v) is 15.6. The first kappa shape index (κ1) is 26.4. The number of ether oxygens (including phenoxy) is 1. The number of aryl methyl sites for hydroxylation is 3. The Morgan fingerprint density at radius 1 is 1.05 bits per heavy atom. The minimum Gasteiger partial charge on any atom is -0.465 e. The van der Waals surface area contributed by atoms with Gasteiger partial charge in [-0.1, -0.05) is 50.7 Å². The molecule has 3 heterocycles. The Hall–Kier alpha value is -4.22. The van der Waals surface area contributed by atoms with Crippen LogP contribution in [0, 0.1) is 25.3 Å². The number of methoxy groups -OCH3 is 1. The summed E-state index contributed by atoms with van der Waals surface area (Å²) >= 11 is 0.